The second kappa shape index (κ2) is 11.8. The van der Waals surface area contributed by atoms with Gasteiger partial charge in [0.1, 0.15) is 28.7 Å². The van der Waals surface area contributed by atoms with Crippen molar-refractivity contribution in [3.63, 3.8) is 0 Å². The van der Waals surface area contributed by atoms with Gasteiger partial charge in [-0.25, -0.2) is 23.5 Å². The molecule has 0 aliphatic carbocycles. The van der Waals surface area contributed by atoms with Crippen molar-refractivity contribution in [1.29, 1.82) is 0 Å². The Labute approximate surface area is 234 Å². The molecule has 0 aliphatic rings. The lowest BCUT2D eigenvalue weighted by Gasteiger charge is -2.32. The molecule has 0 saturated heterocycles. The average Bonchev–Trinajstić information content (AvgIpc) is 3.32. The van der Waals surface area contributed by atoms with Crippen molar-refractivity contribution in [3.8, 4) is 22.4 Å². The van der Waals surface area contributed by atoms with Crippen LogP contribution in [0.15, 0.2) is 97.7 Å². The molecule has 2 aromatic carbocycles. The predicted octanol–water partition coefficient (Wildman–Crippen LogP) is 4.06. The molecule has 0 radical (unpaired) electrons. The Hall–Kier alpha value is -4.71. The largest absolute Gasteiger partial charge is 0.403 e. The van der Waals surface area contributed by atoms with Crippen molar-refractivity contribution in [2.45, 2.75) is 12.1 Å². The molecule has 1 unspecified atom stereocenters. The Balaban J connectivity index is 1.44. The molecule has 0 spiro atoms. The van der Waals surface area contributed by atoms with Gasteiger partial charge in [-0.15, -0.1) is 0 Å². The second-order valence-electron chi connectivity index (χ2n) is 9.61. The number of hydrogen-bond acceptors (Lipinski definition) is 7. The minimum Gasteiger partial charge on any atom is -0.403 e. The van der Waals surface area contributed by atoms with Gasteiger partial charge in [-0.1, -0.05) is 12.1 Å². The molecule has 6 N–H and O–H groups in total. The number of nitrogens with one attached hydrogen (secondary N) is 1. The molecule has 5 rings (SSSR count). The van der Waals surface area contributed by atoms with Gasteiger partial charge in [0.05, 0.1) is 12.1 Å². The van der Waals surface area contributed by atoms with E-state index in [1.165, 1.54) is 30.6 Å². The molecule has 3 heterocycles. The Morgan fingerprint density at radius 1 is 0.951 bits per heavy atom. The van der Waals surface area contributed by atoms with Gasteiger partial charge in [0.15, 0.2) is 0 Å². The van der Waals surface area contributed by atoms with Crippen molar-refractivity contribution in [2.75, 3.05) is 13.1 Å². The van der Waals surface area contributed by atoms with E-state index in [4.69, 9.17) is 16.7 Å². The molecule has 8 nitrogen and oxygen atoms in total. The van der Waals surface area contributed by atoms with Crippen molar-refractivity contribution in [3.05, 3.63) is 126 Å². The number of hydrogen-bond donors (Lipinski definition) is 4. The van der Waals surface area contributed by atoms with Gasteiger partial charge in [-0.3, -0.25) is 4.98 Å². The van der Waals surface area contributed by atoms with Gasteiger partial charge < -0.3 is 21.2 Å². The summed E-state index contributed by atoms with van der Waals surface area (Å²) in [6.45, 7) is -0.0403. The fourth-order valence-electron chi connectivity index (χ4n) is 4.79. The van der Waals surface area contributed by atoms with Crippen molar-refractivity contribution < 1.29 is 18.3 Å². The van der Waals surface area contributed by atoms with E-state index in [1.54, 1.807) is 29.0 Å². The number of aromatic nitrogens is 3. The smallest absolute Gasteiger partial charge is 0.132 e. The van der Waals surface area contributed by atoms with Gasteiger partial charge in [0.2, 0.25) is 0 Å². The quantitative estimate of drug-likeness (QED) is 0.151. The van der Waals surface area contributed by atoms with Crippen LogP contribution in [0.25, 0.3) is 27.9 Å². The molecular weight excluding hydrogens is 531 g/mol. The van der Waals surface area contributed by atoms with Gasteiger partial charge in [-0.2, -0.15) is 5.10 Å². The van der Waals surface area contributed by atoms with E-state index >= 15 is 0 Å². The van der Waals surface area contributed by atoms with E-state index in [0.29, 0.717) is 11.8 Å². The van der Waals surface area contributed by atoms with Crippen LogP contribution in [0.1, 0.15) is 11.1 Å². The molecule has 11 heteroatoms. The van der Waals surface area contributed by atoms with Crippen LogP contribution in [-0.2, 0) is 12.1 Å². The first-order valence-electron chi connectivity index (χ1n) is 12.7. The second-order valence-corrected chi connectivity index (χ2v) is 9.61. The molecule has 3 aromatic heterocycles. The summed E-state index contributed by atoms with van der Waals surface area (Å²) in [6.07, 6.45) is 7.75. The fraction of sp³-hybridized carbons (Fsp3) is 0.133. The maximum absolute atomic E-state index is 14.7. The Morgan fingerprint density at radius 3 is 2.39 bits per heavy atom. The summed E-state index contributed by atoms with van der Waals surface area (Å²) >= 11 is 0. The molecule has 0 bridgehead atoms. The number of aliphatic hydroxyl groups is 1. The van der Waals surface area contributed by atoms with Crippen LogP contribution in [0, 0.1) is 17.5 Å². The molecule has 0 aliphatic heterocycles. The molecule has 210 valence electrons. The van der Waals surface area contributed by atoms with E-state index in [0.717, 1.165) is 38.8 Å². The molecule has 0 saturated carbocycles. The van der Waals surface area contributed by atoms with E-state index in [2.05, 4.69) is 10.3 Å². The van der Waals surface area contributed by atoms with Crippen molar-refractivity contribution in [2.24, 2.45) is 11.6 Å². The van der Waals surface area contributed by atoms with Crippen LogP contribution in [0.2, 0.25) is 0 Å². The van der Waals surface area contributed by atoms with E-state index in [9.17, 15) is 18.3 Å². The highest BCUT2D eigenvalue weighted by atomic mass is 19.1. The molecule has 1 atom stereocenters. The Morgan fingerprint density at radius 2 is 1.68 bits per heavy atom. The zero-order valence-electron chi connectivity index (χ0n) is 21.9. The van der Waals surface area contributed by atoms with Crippen molar-refractivity contribution >= 4 is 5.52 Å². The zero-order valence-corrected chi connectivity index (χ0v) is 21.9. The maximum atomic E-state index is 14.7. The lowest BCUT2D eigenvalue weighted by atomic mass is 9.92. The summed E-state index contributed by atoms with van der Waals surface area (Å²) in [5, 5.41) is 20.5. The van der Waals surface area contributed by atoms with Crippen LogP contribution in [0.5, 0.6) is 0 Å². The molecule has 5 aromatic rings. The number of fused-ring (bicyclic) bond motifs is 1. The van der Waals surface area contributed by atoms with E-state index < -0.39 is 17.2 Å². The highest BCUT2D eigenvalue weighted by Crippen LogP contribution is 2.35. The number of halogens is 3. The summed E-state index contributed by atoms with van der Waals surface area (Å²) < 4.78 is 43.6. The maximum Gasteiger partial charge on any atom is 0.132 e. The van der Waals surface area contributed by atoms with Crippen LogP contribution < -0.4 is 16.9 Å². The lowest BCUT2D eigenvalue weighted by molar-refractivity contribution is 0.00761. The van der Waals surface area contributed by atoms with Gasteiger partial charge in [0.25, 0.3) is 0 Å². The first kappa shape index (κ1) is 27.8. The third kappa shape index (κ3) is 6.07. The van der Waals surface area contributed by atoms with E-state index in [1.807, 2.05) is 30.5 Å². The topological polar surface area (TPSA) is 118 Å². The SMILES string of the molecule is N/C=C\N(N)CC(O)(CNCc1ccc2c(-c3ccncc3)c(-c3ccc(F)cc3)nn2c1)c1ccc(F)cc1F. The normalized spacial score (nSPS) is 13.1. The minimum absolute atomic E-state index is 0.109. The highest BCUT2D eigenvalue weighted by Gasteiger charge is 2.33. The predicted molar refractivity (Wildman–Crippen MR) is 150 cm³/mol. The molecule has 0 fully saturated rings. The third-order valence-electron chi connectivity index (χ3n) is 6.68. The Kier molecular flexibility index (Phi) is 8.02. The number of nitrogens with zero attached hydrogens (tertiary/aromatic N) is 4. The van der Waals surface area contributed by atoms with Gasteiger partial charge in [-0.05, 0) is 59.7 Å². The summed E-state index contributed by atoms with van der Waals surface area (Å²) in [5.74, 6) is 3.91. The summed E-state index contributed by atoms with van der Waals surface area (Å²) in [4.78, 5) is 4.11. The summed E-state index contributed by atoms with van der Waals surface area (Å²) in [7, 11) is 0. The average molecular weight is 560 g/mol. The Bertz CT molecular complexity index is 1680. The molecular formula is C30H28F3N7O. The summed E-state index contributed by atoms with van der Waals surface area (Å²) in [6, 6.07) is 16.7. The van der Waals surface area contributed by atoms with Crippen LogP contribution >= 0.6 is 0 Å². The fourth-order valence-corrected chi connectivity index (χ4v) is 4.79. The van der Waals surface area contributed by atoms with Crippen LogP contribution in [-0.4, -0.2) is 37.8 Å². The third-order valence-corrected chi connectivity index (χ3v) is 6.68. The van der Waals surface area contributed by atoms with E-state index in [-0.39, 0.29) is 31.0 Å². The number of rotatable bonds is 10. The van der Waals surface area contributed by atoms with Crippen LogP contribution in [0.3, 0.4) is 0 Å². The zero-order chi connectivity index (χ0) is 29.0. The first-order valence-corrected chi connectivity index (χ1v) is 12.7. The number of benzene rings is 2. The molecule has 0 amide bonds. The van der Waals surface area contributed by atoms with Gasteiger partial charge in [0, 0.05) is 66.8 Å². The number of nitrogens with two attached hydrogens (primary N) is 2. The van der Waals surface area contributed by atoms with Crippen LogP contribution in [0.4, 0.5) is 13.2 Å². The standard InChI is InChI=1S/C30H28F3N7O/c31-23-4-2-22(3-5-23)29-28(21-9-12-36-13-10-21)27-8-1-20(17-40(27)38-29)16-37-18-30(41,19-39(35)14-11-34)25-7-6-24(32)15-26(25)33/h1-15,17,37,41H,16,18-19,34-35H2/b14-11-. The van der Waals surface area contributed by atoms with Gasteiger partial charge >= 0.3 is 0 Å². The number of pyridine rings is 2. The first-order chi connectivity index (χ1) is 19.8. The monoisotopic (exact) mass is 559 g/mol. The molecule has 41 heavy (non-hydrogen) atoms. The minimum atomic E-state index is -1.81. The van der Waals surface area contributed by atoms with Crippen molar-refractivity contribution in [1.82, 2.24) is 24.9 Å². The summed E-state index contributed by atoms with van der Waals surface area (Å²) in [5.41, 5.74) is 8.34. The number of hydrazine groups is 1. The lowest BCUT2D eigenvalue weighted by Crippen LogP contribution is -2.48. The highest BCUT2D eigenvalue weighted by molar-refractivity contribution is 5.92.